The van der Waals surface area contributed by atoms with Gasteiger partial charge in [-0.1, -0.05) is 28.3 Å². The highest BCUT2D eigenvalue weighted by Gasteiger charge is 2.05. The fourth-order valence-corrected chi connectivity index (χ4v) is 1.18. The molecule has 56 valence electrons. The molecule has 0 aliphatic carbocycles. The Balaban J connectivity index is 3.25. The molecular formula is C8H7BBrF. The molecule has 11 heavy (non-hydrogen) atoms. The number of hydrogen-bond acceptors (Lipinski definition) is 0. The molecule has 0 saturated carbocycles. The largest absolute Gasteiger partial charge is 0.206 e. The van der Waals surface area contributed by atoms with E-state index >= 15 is 0 Å². The molecule has 3 heteroatoms. The molecule has 0 aliphatic rings. The van der Waals surface area contributed by atoms with Crippen molar-refractivity contribution in [1.29, 1.82) is 0 Å². The zero-order valence-corrected chi connectivity index (χ0v) is 7.78. The van der Waals surface area contributed by atoms with Gasteiger partial charge in [0.25, 0.3) is 0 Å². The second-order valence-electron chi connectivity index (χ2n) is 2.35. The fraction of sp³-hybridized carbons (Fsp3) is 0.250. The molecule has 0 saturated heterocycles. The van der Waals surface area contributed by atoms with Gasteiger partial charge in [0.2, 0.25) is 0 Å². The van der Waals surface area contributed by atoms with Gasteiger partial charge in [-0.25, -0.2) is 4.39 Å². The van der Waals surface area contributed by atoms with Gasteiger partial charge in [-0.05, 0) is 24.1 Å². The summed E-state index contributed by atoms with van der Waals surface area (Å²) < 4.78 is 13.9. The topological polar surface area (TPSA) is 0 Å². The summed E-state index contributed by atoms with van der Waals surface area (Å²) in [6.07, 6.45) is 0.250. The Bertz CT molecular complexity index is 273. The van der Waals surface area contributed by atoms with E-state index in [4.69, 9.17) is 7.85 Å². The van der Waals surface area contributed by atoms with Crippen molar-refractivity contribution in [3.8, 4) is 0 Å². The highest BCUT2D eigenvalue weighted by molar-refractivity contribution is 9.10. The van der Waals surface area contributed by atoms with Crippen LogP contribution in [-0.4, -0.2) is 7.85 Å². The van der Waals surface area contributed by atoms with E-state index in [2.05, 4.69) is 15.9 Å². The predicted octanol–water partition coefficient (Wildman–Crippen LogP) is 2.57. The van der Waals surface area contributed by atoms with Crippen LogP contribution >= 0.6 is 15.9 Å². The van der Waals surface area contributed by atoms with Crippen molar-refractivity contribution in [2.24, 2.45) is 0 Å². The SMILES string of the molecule is [B]Cc1ccc(Br)c(C)c1F. The summed E-state index contributed by atoms with van der Waals surface area (Å²) in [5, 5.41) is 0. The number of rotatable bonds is 1. The van der Waals surface area contributed by atoms with Crippen LogP contribution < -0.4 is 0 Å². The summed E-state index contributed by atoms with van der Waals surface area (Å²) in [6.45, 7) is 1.72. The van der Waals surface area contributed by atoms with Gasteiger partial charge in [-0.2, -0.15) is 0 Å². The molecule has 0 amide bonds. The molecule has 2 radical (unpaired) electrons. The molecule has 0 unspecified atom stereocenters. The lowest BCUT2D eigenvalue weighted by molar-refractivity contribution is 0.606. The van der Waals surface area contributed by atoms with Crippen molar-refractivity contribution in [2.45, 2.75) is 13.2 Å². The van der Waals surface area contributed by atoms with Crippen LogP contribution in [0.4, 0.5) is 4.39 Å². The Labute approximate surface area is 75.3 Å². The van der Waals surface area contributed by atoms with E-state index in [9.17, 15) is 4.39 Å². The standard InChI is InChI=1S/C8H7BBrF/c1-5-7(10)3-2-6(4-9)8(5)11/h2-3H,4H2,1H3. The summed E-state index contributed by atoms with van der Waals surface area (Å²) in [5.74, 6) is -0.207. The highest BCUT2D eigenvalue weighted by Crippen LogP contribution is 2.21. The second kappa shape index (κ2) is 3.39. The minimum atomic E-state index is -0.207. The van der Waals surface area contributed by atoms with E-state index < -0.39 is 0 Å². The lowest BCUT2D eigenvalue weighted by Gasteiger charge is -2.04. The molecule has 1 aromatic rings. The first-order chi connectivity index (χ1) is 5.16. The van der Waals surface area contributed by atoms with Crippen LogP contribution in [0.3, 0.4) is 0 Å². The number of hydrogen-bond donors (Lipinski definition) is 0. The smallest absolute Gasteiger partial charge is 0.129 e. The van der Waals surface area contributed by atoms with Crippen LogP contribution in [0.5, 0.6) is 0 Å². The predicted molar refractivity (Wildman–Crippen MR) is 48.3 cm³/mol. The number of benzene rings is 1. The van der Waals surface area contributed by atoms with E-state index in [0.29, 0.717) is 11.1 Å². The molecule has 0 N–H and O–H groups in total. The van der Waals surface area contributed by atoms with E-state index in [1.807, 2.05) is 0 Å². The molecule has 0 nitrogen and oxygen atoms in total. The van der Waals surface area contributed by atoms with Gasteiger partial charge in [0.1, 0.15) is 5.82 Å². The molecule has 0 bridgehead atoms. The Kier molecular flexibility index (Phi) is 2.71. The average molecular weight is 213 g/mol. The summed E-state index contributed by atoms with van der Waals surface area (Å²) >= 11 is 3.23. The zero-order valence-electron chi connectivity index (χ0n) is 6.20. The first kappa shape index (κ1) is 8.79. The first-order valence-corrected chi connectivity index (χ1v) is 4.09. The average Bonchev–Trinajstić information content (AvgIpc) is 2.01. The van der Waals surface area contributed by atoms with Gasteiger partial charge in [0.15, 0.2) is 0 Å². The van der Waals surface area contributed by atoms with Crippen LogP contribution in [0.25, 0.3) is 0 Å². The Morgan fingerprint density at radius 2 is 2.18 bits per heavy atom. The summed E-state index contributed by atoms with van der Waals surface area (Å²) in [7, 11) is 5.31. The van der Waals surface area contributed by atoms with Crippen LogP contribution in [0.2, 0.25) is 0 Å². The summed E-state index contributed by atoms with van der Waals surface area (Å²) in [5.41, 5.74) is 1.18. The maximum absolute atomic E-state index is 13.2. The van der Waals surface area contributed by atoms with E-state index in [1.54, 1.807) is 19.1 Å². The molecule has 0 fully saturated rings. The third kappa shape index (κ3) is 1.64. The normalized spacial score (nSPS) is 10.1. The summed E-state index contributed by atoms with van der Waals surface area (Å²) in [4.78, 5) is 0. The van der Waals surface area contributed by atoms with E-state index in [0.717, 1.165) is 4.47 Å². The summed E-state index contributed by atoms with van der Waals surface area (Å²) in [6, 6.07) is 3.49. The lowest BCUT2D eigenvalue weighted by atomic mass is 9.95. The molecule has 1 aromatic carbocycles. The van der Waals surface area contributed by atoms with Gasteiger partial charge in [0, 0.05) is 4.47 Å². The molecule has 0 aromatic heterocycles. The van der Waals surface area contributed by atoms with E-state index in [-0.39, 0.29) is 12.1 Å². The Morgan fingerprint density at radius 1 is 1.55 bits per heavy atom. The Morgan fingerprint density at radius 3 is 2.73 bits per heavy atom. The molecule has 0 aliphatic heterocycles. The second-order valence-corrected chi connectivity index (χ2v) is 3.20. The van der Waals surface area contributed by atoms with Crippen LogP contribution in [0.1, 0.15) is 11.1 Å². The molecule has 0 heterocycles. The first-order valence-electron chi connectivity index (χ1n) is 3.30. The van der Waals surface area contributed by atoms with Crippen molar-refractivity contribution in [3.63, 3.8) is 0 Å². The van der Waals surface area contributed by atoms with E-state index in [1.165, 1.54) is 0 Å². The third-order valence-corrected chi connectivity index (χ3v) is 2.48. The fourth-order valence-electron chi connectivity index (χ4n) is 0.875. The maximum Gasteiger partial charge on any atom is 0.129 e. The van der Waals surface area contributed by atoms with Crippen molar-refractivity contribution in [3.05, 3.63) is 33.5 Å². The Hall–Kier alpha value is -0.305. The van der Waals surface area contributed by atoms with Crippen LogP contribution in [-0.2, 0) is 6.32 Å². The minimum Gasteiger partial charge on any atom is -0.206 e. The lowest BCUT2D eigenvalue weighted by Crippen LogP contribution is -1.93. The molecule has 0 spiro atoms. The van der Waals surface area contributed by atoms with Crippen LogP contribution in [0.15, 0.2) is 16.6 Å². The van der Waals surface area contributed by atoms with Gasteiger partial charge >= 0.3 is 0 Å². The van der Waals surface area contributed by atoms with Crippen LogP contribution in [0, 0.1) is 12.7 Å². The quantitative estimate of drug-likeness (QED) is 0.628. The van der Waals surface area contributed by atoms with Crippen molar-refractivity contribution in [1.82, 2.24) is 0 Å². The molecular weight excluding hydrogens is 206 g/mol. The minimum absolute atomic E-state index is 0.207. The van der Waals surface area contributed by atoms with Crippen molar-refractivity contribution < 1.29 is 4.39 Å². The van der Waals surface area contributed by atoms with Crippen molar-refractivity contribution in [2.75, 3.05) is 0 Å². The molecule has 1 rings (SSSR count). The van der Waals surface area contributed by atoms with Crippen molar-refractivity contribution >= 4 is 23.8 Å². The zero-order chi connectivity index (χ0) is 8.43. The van der Waals surface area contributed by atoms with Gasteiger partial charge < -0.3 is 0 Å². The maximum atomic E-state index is 13.2. The monoisotopic (exact) mass is 212 g/mol. The third-order valence-electron chi connectivity index (χ3n) is 1.62. The van der Waals surface area contributed by atoms with Gasteiger partial charge in [-0.15, -0.1) is 0 Å². The number of halogens is 2. The molecule has 0 atom stereocenters. The highest BCUT2D eigenvalue weighted by atomic mass is 79.9. The van der Waals surface area contributed by atoms with Gasteiger partial charge in [-0.3, -0.25) is 0 Å². The van der Waals surface area contributed by atoms with Gasteiger partial charge in [0.05, 0.1) is 7.85 Å².